The minimum absolute atomic E-state index is 0.0530. The van der Waals surface area contributed by atoms with E-state index >= 15 is 0 Å². The number of nitrogens with one attached hydrogen (secondary N) is 2. The Labute approximate surface area is 235 Å². The second-order valence-electron chi connectivity index (χ2n) is 9.18. The summed E-state index contributed by atoms with van der Waals surface area (Å²) in [6.45, 7) is 1.01. The zero-order chi connectivity index (χ0) is 31.9. The van der Waals surface area contributed by atoms with Crippen LogP contribution in [0.3, 0.4) is 0 Å². The summed E-state index contributed by atoms with van der Waals surface area (Å²) in [5.74, 6) is -5.31. The van der Waals surface area contributed by atoms with Gasteiger partial charge in [-0.15, -0.1) is 0 Å². The second-order valence-corrected chi connectivity index (χ2v) is 9.18. The number of aromatic amines is 1. The molecule has 0 aromatic carbocycles. The molecule has 0 aliphatic carbocycles. The van der Waals surface area contributed by atoms with E-state index in [4.69, 9.17) is 29.9 Å². The first-order valence-corrected chi connectivity index (χ1v) is 12.7. The number of unbranched alkanes of at least 4 members (excludes halogenated alkanes) is 3. The maximum absolute atomic E-state index is 11.2. The van der Waals surface area contributed by atoms with Crippen molar-refractivity contribution >= 4 is 23.7 Å². The number of alkyl halides is 6. The minimum atomic E-state index is -5.08. The SMILES string of the molecule is O=C(O)C(F)(F)F.O=C(O)C(F)(F)F.O=C(O)CC(CCCCCCc1ccc2c(n1)NCCC2)c1ccc(=O)[nH]c1. The number of anilines is 1. The van der Waals surface area contributed by atoms with Crippen molar-refractivity contribution in [3.05, 3.63) is 57.6 Å². The molecule has 3 heterocycles. The Bertz CT molecular complexity index is 1190. The summed E-state index contributed by atoms with van der Waals surface area (Å²) >= 11 is 0. The van der Waals surface area contributed by atoms with Gasteiger partial charge in [-0.3, -0.25) is 9.59 Å². The van der Waals surface area contributed by atoms with Gasteiger partial charge in [0, 0.05) is 24.5 Å². The van der Waals surface area contributed by atoms with E-state index in [0.717, 1.165) is 68.6 Å². The third-order valence-corrected chi connectivity index (χ3v) is 5.87. The molecule has 0 bridgehead atoms. The lowest BCUT2D eigenvalue weighted by Crippen LogP contribution is -2.21. The van der Waals surface area contributed by atoms with Crippen LogP contribution in [0.4, 0.5) is 32.2 Å². The lowest BCUT2D eigenvalue weighted by atomic mass is 9.91. The van der Waals surface area contributed by atoms with Crippen LogP contribution in [0.15, 0.2) is 35.3 Å². The molecule has 10 nitrogen and oxygen atoms in total. The summed E-state index contributed by atoms with van der Waals surface area (Å²) in [5.41, 5.74) is 3.20. The number of hydrogen-bond acceptors (Lipinski definition) is 6. The zero-order valence-corrected chi connectivity index (χ0v) is 22.2. The number of carboxylic acid groups (broad SMARTS) is 3. The maximum atomic E-state index is 11.2. The number of halogens is 6. The molecule has 1 aliphatic rings. The van der Waals surface area contributed by atoms with Gasteiger partial charge in [-0.05, 0) is 55.2 Å². The van der Waals surface area contributed by atoms with Gasteiger partial charge in [0.1, 0.15) is 5.82 Å². The third-order valence-electron chi connectivity index (χ3n) is 5.87. The molecule has 1 atom stereocenters. The van der Waals surface area contributed by atoms with E-state index in [-0.39, 0.29) is 17.9 Å². The van der Waals surface area contributed by atoms with Crippen LogP contribution in [-0.4, -0.2) is 62.1 Å². The number of fused-ring (bicyclic) bond motifs is 1. The van der Waals surface area contributed by atoms with Gasteiger partial charge >= 0.3 is 30.3 Å². The highest BCUT2D eigenvalue weighted by Crippen LogP contribution is 2.26. The first-order chi connectivity index (χ1) is 19.5. The summed E-state index contributed by atoms with van der Waals surface area (Å²) in [5, 5.41) is 26.8. The molecule has 1 unspecified atom stereocenters. The number of aliphatic carboxylic acids is 3. The smallest absolute Gasteiger partial charge is 0.481 e. The molecule has 0 radical (unpaired) electrons. The molecule has 0 fully saturated rings. The topological polar surface area (TPSA) is 170 Å². The van der Waals surface area contributed by atoms with E-state index in [1.807, 2.05) is 0 Å². The molecule has 1 aliphatic heterocycles. The molecule has 0 saturated carbocycles. The number of hydrogen-bond donors (Lipinski definition) is 5. The lowest BCUT2D eigenvalue weighted by Gasteiger charge is -2.17. The molecular weight excluding hydrogens is 580 g/mol. The first-order valence-electron chi connectivity index (χ1n) is 12.7. The number of carboxylic acids is 3. The van der Waals surface area contributed by atoms with Gasteiger partial charge in [-0.2, -0.15) is 26.3 Å². The molecule has 5 N–H and O–H groups in total. The average molecular weight is 612 g/mol. The Morgan fingerprint density at radius 1 is 0.881 bits per heavy atom. The summed E-state index contributed by atoms with van der Waals surface area (Å²) in [6.07, 6.45) is -0.0838. The van der Waals surface area contributed by atoms with Gasteiger partial charge in [-0.1, -0.05) is 31.4 Å². The van der Waals surface area contributed by atoms with Crippen molar-refractivity contribution in [1.29, 1.82) is 0 Å². The van der Waals surface area contributed by atoms with Crippen molar-refractivity contribution in [3.63, 3.8) is 0 Å². The Morgan fingerprint density at radius 3 is 2.00 bits per heavy atom. The van der Waals surface area contributed by atoms with Gasteiger partial charge in [0.2, 0.25) is 5.56 Å². The van der Waals surface area contributed by atoms with Gasteiger partial charge in [-0.25, -0.2) is 14.6 Å². The van der Waals surface area contributed by atoms with Gasteiger partial charge < -0.3 is 25.6 Å². The van der Waals surface area contributed by atoms with Crippen molar-refractivity contribution < 1.29 is 56.0 Å². The summed E-state index contributed by atoms with van der Waals surface area (Å²) in [4.78, 5) is 47.5. The molecule has 234 valence electrons. The predicted molar refractivity (Wildman–Crippen MR) is 137 cm³/mol. The van der Waals surface area contributed by atoms with Crippen LogP contribution in [0.5, 0.6) is 0 Å². The van der Waals surface area contributed by atoms with Crippen molar-refractivity contribution in [1.82, 2.24) is 9.97 Å². The fourth-order valence-electron chi connectivity index (χ4n) is 3.83. The van der Waals surface area contributed by atoms with Crippen LogP contribution in [0.1, 0.15) is 67.7 Å². The van der Waals surface area contributed by atoms with Crippen LogP contribution in [0, 0.1) is 0 Å². The van der Waals surface area contributed by atoms with E-state index in [2.05, 4.69) is 22.4 Å². The van der Waals surface area contributed by atoms with E-state index in [1.165, 1.54) is 18.1 Å². The van der Waals surface area contributed by atoms with Gasteiger partial charge in [0.25, 0.3) is 0 Å². The highest BCUT2D eigenvalue weighted by atomic mass is 19.4. The molecule has 3 rings (SSSR count). The number of rotatable bonds is 10. The van der Waals surface area contributed by atoms with Crippen molar-refractivity contribution in [2.75, 3.05) is 11.9 Å². The van der Waals surface area contributed by atoms with E-state index < -0.39 is 30.3 Å². The third kappa shape index (κ3) is 14.5. The number of carbonyl (C=O) groups is 3. The van der Waals surface area contributed by atoms with Gasteiger partial charge in [0.05, 0.1) is 6.42 Å². The quantitative estimate of drug-likeness (QED) is 0.180. The number of aryl methyl sites for hydroxylation is 2. The average Bonchev–Trinajstić information content (AvgIpc) is 2.89. The highest BCUT2D eigenvalue weighted by Gasteiger charge is 2.38. The Hall–Kier alpha value is -4.11. The molecule has 2 aromatic rings. The predicted octanol–water partition coefficient (Wildman–Crippen LogP) is 5.15. The van der Waals surface area contributed by atoms with Crippen molar-refractivity contribution in [2.24, 2.45) is 0 Å². The molecule has 0 spiro atoms. The number of pyridine rings is 2. The van der Waals surface area contributed by atoms with E-state index in [1.54, 1.807) is 12.3 Å². The van der Waals surface area contributed by atoms with Crippen molar-refractivity contribution in [2.45, 2.75) is 76.1 Å². The Morgan fingerprint density at radius 2 is 1.48 bits per heavy atom. The maximum Gasteiger partial charge on any atom is 0.490 e. The molecule has 0 saturated heterocycles. The van der Waals surface area contributed by atoms with Crippen LogP contribution in [0.2, 0.25) is 0 Å². The number of aromatic nitrogens is 2. The van der Waals surface area contributed by atoms with E-state index in [0.29, 0.717) is 0 Å². The lowest BCUT2D eigenvalue weighted by molar-refractivity contribution is -0.193. The van der Waals surface area contributed by atoms with Crippen LogP contribution < -0.4 is 10.9 Å². The Balaban J connectivity index is 0.000000522. The highest BCUT2D eigenvalue weighted by molar-refractivity contribution is 5.73. The molecular formula is C26H31F6N3O7. The van der Waals surface area contributed by atoms with Crippen LogP contribution in [0.25, 0.3) is 0 Å². The largest absolute Gasteiger partial charge is 0.490 e. The molecule has 42 heavy (non-hydrogen) atoms. The normalized spacial score (nSPS) is 13.2. The minimum Gasteiger partial charge on any atom is -0.481 e. The molecule has 16 heteroatoms. The first kappa shape index (κ1) is 35.9. The van der Waals surface area contributed by atoms with E-state index in [9.17, 15) is 35.9 Å². The monoisotopic (exact) mass is 611 g/mol. The summed E-state index contributed by atoms with van der Waals surface area (Å²) in [7, 11) is 0. The number of nitrogens with zero attached hydrogens (tertiary/aromatic N) is 1. The second kappa shape index (κ2) is 17.0. The fraction of sp³-hybridized carbons (Fsp3) is 0.500. The molecule has 2 aromatic heterocycles. The number of H-pyrrole nitrogens is 1. The standard InChI is InChI=1S/C22H29N3O3.2C2HF3O2/c26-20-12-10-18(15-24-20)17(14-21(27)28)6-3-1-2-4-8-19-11-9-16-7-5-13-23-22(16)25-19;2*3-2(4,5)1(6)7/h9-12,15,17H,1-8,13-14H2,(H,23,25)(H,24,26)(H,27,28);2*(H,6,7). The summed E-state index contributed by atoms with van der Waals surface area (Å²) < 4.78 is 63.5. The summed E-state index contributed by atoms with van der Waals surface area (Å²) in [6, 6.07) is 7.54. The molecule has 0 amide bonds. The van der Waals surface area contributed by atoms with Crippen molar-refractivity contribution in [3.8, 4) is 0 Å². The Kier molecular flexibility index (Phi) is 14.5. The van der Waals surface area contributed by atoms with Crippen LogP contribution >= 0.6 is 0 Å². The fourth-order valence-corrected chi connectivity index (χ4v) is 3.83. The zero-order valence-electron chi connectivity index (χ0n) is 22.2. The van der Waals surface area contributed by atoms with Crippen LogP contribution in [-0.2, 0) is 27.2 Å². The van der Waals surface area contributed by atoms with Gasteiger partial charge in [0.15, 0.2) is 0 Å².